The Morgan fingerprint density at radius 1 is 1.22 bits per heavy atom. The third-order valence-corrected chi connectivity index (χ3v) is 0.483. The zero-order chi connectivity index (χ0) is 6.95. The maximum Gasteiger partial charge on any atom is 0.0496 e. The highest BCUT2D eigenvalue weighted by Crippen LogP contribution is 1.93. The van der Waals surface area contributed by atoms with Crippen LogP contribution in [0.15, 0.2) is 24.5 Å². The first-order valence-corrected chi connectivity index (χ1v) is 4.33. The van der Waals surface area contributed by atoms with Gasteiger partial charge in [-0.2, -0.15) is 10.2 Å². The first-order chi connectivity index (χ1) is 4.41. The number of rotatable bonds is 0. The van der Waals surface area contributed by atoms with E-state index in [1.165, 1.54) is 11.0 Å². The minimum atomic E-state index is 1.22. The Labute approximate surface area is 63.1 Å². The maximum absolute atomic E-state index is 4.92. The molecule has 0 atom stereocenters. The molecule has 0 aliphatic heterocycles. The van der Waals surface area contributed by atoms with Gasteiger partial charge < -0.3 is 0 Å². The first kappa shape index (κ1) is 8.72. The van der Waals surface area contributed by atoms with E-state index in [0.717, 1.165) is 0 Å². The zero-order valence-electron chi connectivity index (χ0n) is 4.99. The van der Waals surface area contributed by atoms with E-state index in [1.807, 2.05) is 18.4 Å². The lowest BCUT2D eigenvalue weighted by Gasteiger charge is -1.69. The quantitative estimate of drug-likeness (QED) is 0.584. The number of hydrogen-bond acceptors (Lipinski definition) is 3. The van der Waals surface area contributed by atoms with Crippen molar-refractivity contribution in [1.29, 1.82) is 0 Å². The molecule has 1 aromatic heterocycles. The van der Waals surface area contributed by atoms with Crippen LogP contribution in [0.1, 0.15) is 0 Å². The molecule has 0 radical (unpaired) electrons. The molecule has 0 saturated heterocycles. The van der Waals surface area contributed by atoms with E-state index in [1.54, 1.807) is 12.4 Å². The van der Waals surface area contributed by atoms with Crippen LogP contribution in [0.3, 0.4) is 0 Å². The van der Waals surface area contributed by atoms with Crippen molar-refractivity contribution < 1.29 is 0 Å². The third-order valence-electron chi connectivity index (χ3n) is 0.483. The molecule has 0 amide bonds. The summed E-state index contributed by atoms with van der Waals surface area (Å²) in [7, 11) is 6.14. The fraction of sp³-hybridized carbons (Fsp3) is 0.200. The highest BCUT2D eigenvalue weighted by molar-refractivity contribution is 8.20. The van der Waals surface area contributed by atoms with Gasteiger partial charge in [-0.25, -0.2) is 0 Å². The van der Waals surface area contributed by atoms with Crippen molar-refractivity contribution in [2.45, 2.75) is 0 Å². The summed E-state index contributed by atoms with van der Waals surface area (Å²) in [6.45, 7) is 0. The molecule has 0 bridgehead atoms. The van der Waals surface area contributed by atoms with Crippen LogP contribution in [0, 0.1) is 0 Å². The Bertz CT molecular complexity index is 97.8. The summed E-state index contributed by atoms with van der Waals surface area (Å²) in [6, 6.07) is 3.65. The predicted molar refractivity (Wildman–Crippen MR) is 41.4 cm³/mol. The minimum absolute atomic E-state index is 1.22. The highest BCUT2D eigenvalue weighted by atomic mass is 35.7. The van der Waals surface area contributed by atoms with Crippen molar-refractivity contribution in [3.05, 3.63) is 24.5 Å². The van der Waals surface area contributed by atoms with Crippen LogP contribution in [-0.4, -0.2) is 16.5 Å². The summed E-state index contributed by atoms with van der Waals surface area (Å²) in [6.07, 6.45) is 5.08. The summed E-state index contributed by atoms with van der Waals surface area (Å²) in [5.41, 5.74) is 0. The van der Waals surface area contributed by atoms with Crippen molar-refractivity contribution in [1.82, 2.24) is 10.2 Å². The van der Waals surface area contributed by atoms with Crippen LogP contribution in [0.5, 0.6) is 0 Å². The van der Waals surface area contributed by atoms with Gasteiger partial charge in [0.1, 0.15) is 0 Å². The summed E-state index contributed by atoms with van der Waals surface area (Å²) in [4.78, 5) is 0. The molecular weight excluding hydrogens is 156 g/mol. The van der Waals surface area contributed by atoms with Crippen LogP contribution >= 0.6 is 21.7 Å². The molecule has 0 aliphatic rings. The summed E-state index contributed by atoms with van der Waals surface area (Å²) >= 11 is 0. The monoisotopic (exact) mass is 162 g/mol. The second-order valence-corrected chi connectivity index (χ2v) is 2.30. The van der Waals surface area contributed by atoms with Crippen molar-refractivity contribution in [3.63, 3.8) is 0 Å². The lowest BCUT2D eigenvalue weighted by Crippen LogP contribution is -1.69. The average Bonchev–Trinajstić information content (AvgIpc) is 1.93. The van der Waals surface area contributed by atoms with E-state index >= 15 is 0 Å². The smallest absolute Gasteiger partial charge is 0.0496 e. The Kier molecular flexibility index (Phi) is 7.48. The van der Waals surface area contributed by atoms with E-state index in [4.69, 9.17) is 10.7 Å². The molecule has 2 nitrogen and oxygen atoms in total. The molecule has 1 heterocycles. The van der Waals surface area contributed by atoms with Crippen molar-refractivity contribution in [3.8, 4) is 0 Å². The number of hydrogen-bond donors (Lipinski definition) is 0. The molecule has 0 spiro atoms. The van der Waals surface area contributed by atoms with Gasteiger partial charge in [0.25, 0.3) is 0 Å². The average molecular weight is 163 g/mol. The van der Waals surface area contributed by atoms with Gasteiger partial charge in [0.15, 0.2) is 0 Å². The van der Waals surface area contributed by atoms with E-state index in [-0.39, 0.29) is 0 Å². The van der Waals surface area contributed by atoms with E-state index < -0.39 is 0 Å². The van der Waals surface area contributed by atoms with Gasteiger partial charge in [-0.3, -0.25) is 0 Å². The van der Waals surface area contributed by atoms with Crippen LogP contribution in [-0.2, 0) is 0 Å². The lowest BCUT2D eigenvalue weighted by molar-refractivity contribution is 1.03. The molecule has 9 heavy (non-hydrogen) atoms. The van der Waals surface area contributed by atoms with Crippen molar-refractivity contribution in [2.75, 3.05) is 6.26 Å². The number of halogens is 1. The minimum Gasteiger partial charge on any atom is -0.159 e. The molecule has 50 valence electrons. The second kappa shape index (κ2) is 7.72. The van der Waals surface area contributed by atoms with Crippen LogP contribution < -0.4 is 0 Å². The number of nitrogens with zero attached hydrogens (tertiary/aromatic N) is 2. The Hall–Kier alpha value is -0.280. The van der Waals surface area contributed by atoms with Crippen LogP contribution in [0.25, 0.3) is 0 Å². The van der Waals surface area contributed by atoms with Gasteiger partial charge in [0.05, 0.1) is 0 Å². The molecule has 0 N–H and O–H groups in total. The molecule has 0 saturated carbocycles. The van der Waals surface area contributed by atoms with E-state index in [9.17, 15) is 0 Å². The Balaban J connectivity index is 0.000000187. The van der Waals surface area contributed by atoms with Crippen molar-refractivity contribution >= 4 is 21.7 Å². The van der Waals surface area contributed by atoms with Gasteiger partial charge in [0.2, 0.25) is 0 Å². The van der Waals surface area contributed by atoms with E-state index in [2.05, 4.69) is 10.2 Å². The molecule has 1 aromatic rings. The first-order valence-electron chi connectivity index (χ1n) is 2.28. The number of aromatic nitrogens is 2. The van der Waals surface area contributed by atoms with Gasteiger partial charge >= 0.3 is 0 Å². The Morgan fingerprint density at radius 3 is 1.67 bits per heavy atom. The second-order valence-electron chi connectivity index (χ2n) is 1.07. The SMILES string of the molecule is CSCl.c1ccnnc1. The molecule has 0 fully saturated rings. The highest BCUT2D eigenvalue weighted by Gasteiger charge is 1.59. The van der Waals surface area contributed by atoms with Gasteiger partial charge in [-0.15, -0.1) is 0 Å². The summed E-state index contributed by atoms with van der Waals surface area (Å²) in [5.74, 6) is 0. The largest absolute Gasteiger partial charge is 0.159 e. The standard InChI is InChI=1S/C4H4N2.CH3ClS/c1-2-4-6-5-3-1;1-3-2/h1-4H;1H3. The van der Waals surface area contributed by atoms with Crippen LogP contribution in [0.4, 0.5) is 0 Å². The molecule has 0 aromatic carbocycles. The summed E-state index contributed by atoms with van der Waals surface area (Å²) < 4.78 is 0. The van der Waals surface area contributed by atoms with E-state index in [0.29, 0.717) is 0 Å². The molecule has 1 rings (SSSR count). The van der Waals surface area contributed by atoms with Crippen molar-refractivity contribution in [2.24, 2.45) is 0 Å². The fourth-order valence-electron chi connectivity index (χ4n) is 0.253. The van der Waals surface area contributed by atoms with Gasteiger partial charge in [-0.1, -0.05) is 11.0 Å². The van der Waals surface area contributed by atoms with Gasteiger partial charge in [-0.05, 0) is 29.1 Å². The molecule has 4 heteroatoms. The summed E-state index contributed by atoms with van der Waals surface area (Å²) in [5, 5.41) is 7.07. The molecule has 0 aliphatic carbocycles. The maximum atomic E-state index is 4.92. The third kappa shape index (κ3) is 7.72. The normalized spacial score (nSPS) is 7.33. The molecular formula is C5H7ClN2S. The Morgan fingerprint density at radius 2 is 1.56 bits per heavy atom. The predicted octanol–water partition coefficient (Wildman–Crippen LogP) is 1.98. The fourth-order valence-corrected chi connectivity index (χ4v) is 0.253. The van der Waals surface area contributed by atoms with Gasteiger partial charge in [0, 0.05) is 12.4 Å². The lowest BCUT2D eigenvalue weighted by atomic mass is 10.6. The zero-order valence-corrected chi connectivity index (χ0v) is 6.56. The molecule has 0 unspecified atom stereocenters. The van der Waals surface area contributed by atoms with Crippen LogP contribution in [0.2, 0.25) is 0 Å². The topological polar surface area (TPSA) is 25.8 Å².